The van der Waals surface area contributed by atoms with Gasteiger partial charge < -0.3 is 4.57 Å². The number of hydrogen-bond acceptors (Lipinski definition) is 2. The second-order valence-corrected chi connectivity index (χ2v) is 3.96. The largest absolute Gasteiger partial charge is 0.303 e. The van der Waals surface area contributed by atoms with E-state index in [0.29, 0.717) is 5.56 Å². The number of carbonyl (C=O) groups excluding carboxylic acids is 1. The van der Waals surface area contributed by atoms with E-state index in [1.54, 1.807) is 0 Å². The van der Waals surface area contributed by atoms with Crippen LogP contribution in [-0.4, -0.2) is 15.8 Å². The van der Waals surface area contributed by atoms with E-state index in [4.69, 9.17) is 0 Å². The van der Waals surface area contributed by atoms with E-state index >= 15 is 0 Å². The summed E-state index contributed by atoms with van der Waals surface area (Å²) in [5.74, 6) is 0.934. The average molecular weight is 214 g/mol. The fourth-order valence-electron chi connectivity index (χ4n) is 1.82. The predicted molar refractivity (Wildman–Crippen MR) is 63.2 cm³/mol. The standard InChI is InChI=1S/C13H14N2O/c1-9-4-5-12(8-16)6-13(9)15-7-10(2)14-11(15)3/h4-8H,1-3H3. The summed E-state index contributed by atoms with van der Waals surface area (Å²) in [6, 6.07) is 5.66. The Bertz CT molecular complexity index is 541. The zero-order chi connectivity index (χ0) is 11.7. The molecule has 16 heavy (non-hydrogen) atoms. The van der Waals surface area contributed by atoms with Crippen LogP contribution in [0.15, 0.2) is 24.4 Å². The molecule has 1 aromatic carbocycles. The molecular formula is C13H14N2O. The lowest BCUT2D eigenvalue weighted by molar-refractivity contribution is 0.112. The number of nitrogens with zero attached hydrogens (tertiary/aromatic N) is 2. The minimum Gasteiger partial charge on any atom is -0.303 e. The predicted octanol–water partition coefficient (Wildman–Crippen LogP) is 2.61. The van der Waals surface area contributed by atoms with E-state index in [1.165, 1.54) is 0 Å². The second kappa shape index (κ2) is 3.93. The number of imidazole rings is 1. The van der Waals surface area contributed by atoms with Gasteiger partial charge >= 0.3 is 0 Å². The smallest absolute Gasteiger partial charge is 0.150 e. The van der Waals surface area contributed by atoms with E-state index in [2.05, 4.69) is 4.98 Å². The highest BCUT2D eigenvalue weighted by Gasteiger charge is 2.06. The molecule has 2 rings (SSSR count). The molecule has 0 atom stereocenters. The first-order valence-electron chi connectivity index (χ1n) is 5.20. The Balaban J connectivity index is 2.62. The molecule has 3 nitrogen and oxygen atoms in total. The maximum Gasteiger partial charge on any atom is 0.150 e. The number of aryl methyl sites for hydroxylation is 3. The number of hydrogen-bond donors (Lipinski definition) is 0. The van der Waals surface area contributed by atoms with E-state index in [0.717, 1.165) is 29.1 Å². The van der Waals surface area contributed by atoms with Gasteiger partial charge in [-0.1, -0.05) is 12.1 Å². The maximum absolute atomic E-state index is 10.8. The molecule has 0 aliphatic rings. The lowest BCUT2D eigenvalue weighted by Crippen LogP contribution is -1.99. The molecule has 0 saturated heterocycles. The number of benzene rings is 1. The van der Waals surface area contributed by atoms with Crippen molar-refractivity contribution < 1.29 is 4.79 Å². The van der Waals surface area contributed by atoms with Crippen molar-refractivity contribution in [2.75, 3.05) is 0 Å². The van der Waals surface area contributed by atoms with Crippen molar-refractivity contribution in [3.63, 3.8) is 0 Å². The van der Waals surface area contributed by atoms with E-state index in [1.807, 2.05) is 49.7 Å². The molecule has 0 saturated carbocycles. The number of aromatic nitrogens is 2. The van der Waals surface area contributed by atoms with Gasteiger partial charge in [0.05, 0.1) is 11.4 Å². The number of carbonyl (C=O) groups is 1. The molecule has 1 heterocycles. The van der Waals surface area contributed by atoms with Crippen LogP contribution in [0.4, 0.5) is 0 Å². The van der Waals surface area contributed by atoms with Gasteiger partial charge in [-0.2, -0.15) is 0 Å². The van der Waals surface area contributed by atoms with Crippen LogP contribution in [0, 0.1) is 20.8 Å². The molecule has 1 aromatic heterocycles. The van der Waals surface area contributed by atoms with Crippen molar-refractivity contribution in [1.82, 2.24) is 9.55 Å². The van der Waals surface area contributed by atoms with Crippen LogP contribution in [0.3, 0.4) is 0 Å². The van der Waals surface area contributed by atoms with Crippen LogP contribution in [0.2, 0.25) is 0 Å². The number of aldehydes is 1. The highest BCUT2D eigenvalue weighted by atomic mass is 16.1. The maximum atomic E-state index is 10.8. The minimum atomic E-state index is 0.686. The Kier molecular flexibility index (Phi) is 2.60. The third kappa shape index (κ3) is 1.76. The molecule has 82 valence electrons. The lowest BCUT2D eigenvalue weighted by atomic mass is 10.1. The lowest BCUT2D eigenvalue weighted by Gasteiger charge is -2.09. The normalized spacial score (nSPS) is 10.4. The zero-order valence-corrected chi connectivity index (χ0v) is 9.69. The van der Waals surface area contributed by atoms with Crippen molar-refractivity contribution in [2.24, 2.45) is 0 Å². The summed E-state index contributed by atoms with van der Waals surface area (Å²) >= 11 is 0. The van der Waals surface area contributed by atoms with Gasteiger partial charge in [0.1, 0.15) is 12.1 Å². The molecule has 0 aliphatic carbocycles. The molecule has 0 spiro atoms. The summed E-state index contributed by atoms with van der Waals surface area (Å²) in [7, 11) is 0. The highest BCUT2D eigenvalue weighted by molar-refractivity contribution is 5.76. The molecular weight excluding hydrogens is 200 g/mol. The quantitative estimate of drug-likeness (QED) is 0.720. The van der Waals surface area contributed by atoms with Crippen LogP contribution in [0.5, 0.6) is 0 Å². The molecule has 0 amide bonds. The van der Waals surface area contributed by atoms with Gasteiger partial charge in [0.2, 0.25) is 0 Å². The first-order chi connectivity index (χ1) is 7.61. The summed E-state index contributed by atoms with van der Waals surface area (Å²) in [6.07, 6.45) is 2.84. The fourth-order valence-corrected chi connectivity index (χ4v) is 1.82. The Hall–Kier alpha value is -1.90. The van der Waals surface area contributed by atoms with E-state index < -0.39 is 0 Å². The van der Waals surface area contributed by atoms with Gasteiger partial charge in [-0.25, -0.2) is 4.98 Å². The number of rotatable bonds is 2. The molecule has 0 fully saturated rings. The topological polar surface area (TPSA) is 34.9 Å². The van der Waals surface area contributed by atoms with Crippen molar-refractivity contribution in [1.29, 1.82) is 0 Å². The van der Waals surface area contributed by atoms with Crippen molar-refractivity contribution >= 4 is 6.29 Å². The van der Waals surface area contributed by atoms with Gasteiger partial charge in [-0.3, -0.25) is 4.79 Å². The first-order valence-corrected chi connectivity index (χ1v) is 5.20. The molecule has 3 heteroatoms. The first kappa shape index (κ1) is 10.6. The van der Waals surface area contributed by atoms with Gasteiger partial charge in [0, 0.05) is 11.8 Å². The Morgan fingerprint density at radius 1 is 1.25 bits per heavy atom. The fraction of sp³-hybridized carbons (Fsp3) is 0.231. The summed E-state index contributed by atoms with van der Waals surface area (Å²) in [5.41, 5.74) is 3.81. The van der Waals surface area contributed by atoms with Crippen LogP contribution >= 0.6 is 0 Å². The van der Waals surface area contributed by atoms with Crippen molar-refractivity contribution in [3.05, 3.63) is 47.0 Å². The molecule has 0 bridgehead atoms. The average Bonchev–Trinajstić information content (AvgIpc) is 2.58. The highest BCUT2D eigenvalue weighted by Crippen LogP contribution is 2.17. The van der Waals surface area contributed by atoms with Gasteiger partial charge in [-0.15, -0.1) is 0 Å². The third-order valence-electron chi connectivity index (χ3n) is 2.63. The van der Waals surface area contributed by atoms with Gasteiger partial charge in [-0.05, 0) is 32.4 Å². The van der Waals surface area contributed by atoms with Crippen LogP contribution in [0.1, 0.15) is 27.4 Å². The monoisotopic (exact) mass is 214 g/mol. The van der Waals surface area contributed by atoms with Crippen LogP contribution in [0.25, 0.3) is 5.69 Å². The molecule has 0 radical (unpaired) electrons. The third-order valence-corrected chi connectivity index (χ3v) is 2.63. The Morgan fingerprint density at radius 2 is 2.00 bits per heavy atom. The zero-order valence-electron chi connectivity index (χ0n) is 9.69. The minimum absolute atomic E-state index is 0.686. The molecule has 2 aromatic rings. The summed E-state index contributed by atoms with van der Waals surface area (Å²) in [6.45, 7) is 5.95. The van der Waals surface area contributed by atoms with Crippen molar-refractivity contribution in [3.8, 4) is 5.69 Å². The van der Waals surface area contributed by atoms with Gasteiger partial charge in [0.25, 0.3) is 0 Å². The Labute approximate surface area is 94.7 Å². The summed E-state index contributed by atoms with van der Waals surface area (Å²) in [5, 5.41) is 0. The van der Waals surface area contributed by atoms with Crippen molar-refractivity contribution in [2.45, 2.75) is 20.8 Å². The van der Waals surface area contributed by atoms with E-state index in [9.17, 15) is 4.79 Å². The molecule has 0 aliphatic heterocycles. The SMILES string of the molecule is Cc1cn(-c2cc(C=O)ccc2C)c(C)n1. The Morgan fingerprint density at radius 3 is 2.56 bits per heavy atom. The van der Waals surface area contributed by atoms with Crippen LogP contribution in [-0.2, 0) is 0 Å². The van der Waals surface area contributed by atoms with Crippen LogP contribution < -0.4 is 0 Å². The van der Waals surface area contributed by atoms with E-state index in [-0.39, 0.29) is 0 Å². The summed E-state index contributed by atoms with van der Waals surface area (Å²) < 4.78 is 2.01. The molecule has 0 unspecified atom stereocenters. The summed E-state index contributed by atoms with van der Waals surface area (Å²) in [4.78, 5) is 15.1. The molecule has 0 N–H and O–H groups in total. The second-order valence-electron chi connectivity index (χ2n) is 3.96. The van der Waals surface area contributed by atoms with Gasteiger partial charge in [0.15, 0.2) is 0 Å².